The molecule has 0 heterocycles. The minimum atomic E-state index is -1.17. The van der Waals surface area contributed by atoms with E-state index in [0.717, 1.165) is 24.3 Å². The average molecular weight is 352 g/mol. The van der Waals surface area contributed by atoms with Gasteiger partial charge in [-0.1, -0.05) is 11.6 Å². The number of carbonyl (C=O) groups is 2. The van der Waals surface area contributed by atoms with E-state index in [0.29, 0.717) is 0 Å². The Balaban J connectivity index is 2.17. The van der Waals surface area contributed by atoms with Gasteiger partial charge in [-0.05, 0) is 37.3 Å². The van der Waals surface area contributed by atoms with Gasteiger partial charge in [0.1, 0.15) is 5.82 Å². The number of esters is 1. The molecule has 8 heteroatoms. The summed E-state index contributed by atoms with van der Waals surface area (Å²) in [5, 5.41) is 10.7. The molecule has 0 unspecified atom stereocenters. The highest BCUT2D eigenvalue weighted by atomic mass is 35.5. The van der Waals surface area contributed by atoms with Gasteiger partial charge in [-0.2, -0.15) is 0 Å². The Labute approximate surface area is 141 Å². The van der Waals surface area contributed by atoms with E-state index >= 15 is 0 Å². The fourth-order valence-corrected chi connectivity index (χ4v) is 2.10. The Morgan fingerprint density at radius 2 is 1.83 bits per heavy atom. The van der Waals surface area contributed by atoms with E-state index in [1.54, 1.807) is 0 Å². The van der Waals surface area contributed by atoms with Crippen LogP contribution in [-0.4, -0.2) is 22.8 Å². The van der Waals surface area contributed by atoms with Crippen LogP contribution in [0, 0.1) is 15.9 Å². The number of halogens is 2. The number of nitro groups is 1. The number of benzene rings is 2. The first-order valence-electron chi connectivity index (χ1n) is 6.74. The average Bonchev–Trinajstić information content (AvgIpc) is 2.54. The number of ketones is 1. The predicted molar refractivity (Wildman–Crippen MR) is 83.7 cm³/mol. The first-order valence-corrected chi connectivity index (χ1v) is 7.12. The largest absolute Gasteiger partial charge is 0.451 e. The van der Waals surface area contributed by atoms with E-state index < -0.39 is 28.6 Å². The molecule has 2 aromatic rings. The lowest BCUT2D eigenvalue weighted by atomic mass is 10.1. The van der Waals surface area contributed by atoms with Gasteiger partial charge in [-0.3, -0.25) is 14.9 Å². The molecule has 0 aliphatic rings. The van der Waals surface area contributed by atoms with E-state index in [1.165, 1.54) is 25.1 Å². The van der Waals surface area contributed by atoms with Gasteiger partial charge in [-0.15, -0.1) is 0 Å². The van der Waals surface area contributed by atoms with Crippen LogP contribution in [-0.2, 0) is 4.74 Å². The van der Waals surface area contributed by atoms with Crippen molar-refractivity contribution in [1.82, 2.24) is 0 Å². The molecular formula is C16H11ClFNO5. The molecule has 0 aliphatic carbocycles. The minimum absolute atomic E-state index is 0.0352. The summed E-state index contributed by atoms with van der Waals surface area (Å²) in [5.74, 6) is -2.00. The number of hydrogen-bond acceptors (Lipinski definition) is 5. The topological polar surface area (TPSA) is 86.5 Å². The van der Waals surface area contributed by atoms with Crippen molar-refractivity contribution < 1.29 is 23.6 Å². The second-order valence-corrected chi connectivity index (χ2v) is 5.25. The number of ether oxygens (including phenoxy) is 1. The number of hydrogen-bond donors (Lipinski definition) is 0. The van der Waals surface area contributed by atoms with Gasteiger partial charge in [-0.25, -0.2) is 9.18 Å². The normalized spacial score (nSPS) is 11.6. The van der Waals surface area contributed by atoms with Crippen LogP contribution in [0.25, 0.3) is 0 Å². The lowest BCUT2D eigenvalue weighted by molar-refractivity contribution is -0.384. The van der Waals surface area contributed by atoms with Crippen LogP contribution in [0.5, 0.6) is 0 Å². The monoisotopic (exact) mass is 351 g/mol. The van der Waals surface area contributed by atoms with Crippen LogP contribution in [0.2, 0.25) is 5.02 Å². The fourth-order valence-electron chi connectivity index (χ4n) is 1.91. The molecule has 0 radical (unpaired) electrons. The summed E-state index contributed by atoms with van der Waals surface area (Å²) in [4.78, 5) is 34.3. The van der Waals surface area contributed by atoms with Crippen LogP contribution >= 0.6 is 11.6 Å². The van der Waals surface area contributed by atoms with Crippen molar-refractivity contribution in [3.63, 3.8) is 0 Å². The molecular weight excluding hydrogens is 341 g/mol. The molecule has 0 saturated carbocycles. The molecule has 0 aromatic heterocycles. The first kappa shape index (κ1) is 17.6. The molecule has 0 aliphatic heterocycles. The molecule has 6 nitrogen and oxygen atoms in total. The highest BCUT2D eigenvalue weighted by Crippen LogP contribution is 2.23. The summed E-state index contributed by atoms with van der Waals surface area (Å²) in [7, 11) is 0. The highest BCUT2D eigenvalue weighted by Gasteiger charge is 2.23. The minimum Gasteiger partial charge on any atom is -0.451 e. The fraction of sp³-hybridized carbons (Fsp3) is 0.125. The van der Waals surface area contributed by atoms with Crippen molar-refractivity contribution in [2.45, 2.75) is 13.0 Å². The number of nitro benzene ring substituents is 1. The van der Waals surface area contributed by atoms with Crippen LogP contribution < -0.4 is 0 Å². The Bertz CT molecular complexity index is 807. The number of carbonyl (C=O) groups excluding carboxylic acids is 2. The number of Topliss-reactive ketones (excluding diaryl/α,β-unsaturated/α-hetero) is 1. The highest BCUT2D eigenvalue weighted by molar-refractivity contribution is 6.33. The van der Waals surface area contributed by atoms with E-state index in [2.05, 4.69) is 0 Å². The zero-order valence-corrected chi connectivity index (χ0v) is 13.1. The summed E-state index contributed by atoms with van der Waals surface area (Å²) in [6, 6.07) is 8.07. The van der Waals surface area contributed by atoms with Crippen molar-refractivity contribution in [1.29, 1.82) is 0 Å². The van der Waals surface area contributed by atoms with Gasteiger partial charge < -0.3 is 4.74 Å². The van der Waals surface area contributed by atoms with Gasteiger partial charge >= 0.3 is 5.97 Å². The van der Waals surface area contributed by atoms with Crippen molar-refractivity contribution in [3.8, 4) is 0 Å². The lowest BCUT2D eigenvalue weighted by Crippen LogP contribution is -2.24. The van der Waals surface area contributed by atoms with Crippen molar-refractivity contribution in [2.24, 2.45) is 0 Å². The Kier molecular flexibility index (Phi) is 5.25. The Hall–Kier alpha value is -2.80. The van der Waals surface area contributed by atoms with Crippen LogP contribution in [0.4, 0.5) is 10.1 Å². The molecule has 0 bridgehead atoms. The Morgan fingerprint density at radius 1 is 1.21 bits per heavy atom. The van der Waals surface area contributed by atoms with E-state index in [4.69, 9.17) is 16.3 Å². The number of rotatable bonds is 5. The zero-order chi connectivity index (χ0) is 17.9. The molecule has 1 atom stereocenters. The van der Waals surface area contributed by atoms with Crippen LogP contribution in [0.1, 0.15) is 27.6 Å². The SMILES string of the molecule is C[C@@H](OC(=O)c1cc([N+](=O)[O-])ccc1Cl)C(=O)c1ccc(F)cc1. The van der Waals surface area contributed by atoms with E-state index in [1.807, 2.05) is 0 Å². The smallest absolute Gasteiger partial charge is 0.340 e. The molecule has 124 valence electrons. The van der Waals surface area contributed by atoms with Gasteiger partial charge in [0.05, 0.1) is 15.5 Å². The third kappa shape index (κ3) is 3.94. The molecule has 0 fully saturated rings. The van der Waals surface area contributed by atoms with Gasteiger partial charge in [0.25, 0.3) is 5.69 Å². The summed E-state index contributed by atoms with van der Waals surface area (Å²) < 4.78 is 17.9. The maximum atomic E-state index is 12.9. The van der Waals surface area contributed by atoms with Crippen molar-refractivity contribution in [2.75, 3.05) is 0 Å². The molecule has 2 rings (SSSR count). The molecule has 0 spiro atoms. The summed E-state index contributed by atoms with van der Waals surface area (Å²) in [6.07, 6.45) is -1.17. The zero-order valence-electron chi connectivity index (χ0n) is 12.4. The number of nitrogens with zero attached hydrogens (tertiary/aromatic N) is 1. The van der Waals surface area contributed by atoms with Gasteiger partial charge in [0.15, 0.2) is 6.10 Å². The van der Waals surface area contributed by atoms with Gasteiger partial charge in [0, 0.05) is 17.7 Å². The Morgan fingerprint density at radius 3 is 2.42 bits per heavy atom. The lowest BCUT2D eigenvalue weighted by Gasteiger charge is -2.13. The number of non-ortho nitro benzene ring substituents is 1. The van der Waals surface area contributed by atoms with Crippen LogP contribution in [0.15, 0.2) is 42.5 Å². The maximum Gasteiger partial charge on any atom is 0.340 e. The second-order valence-electron chi connectivity index (χ2n) is 4.84. The molecule has 0 saturated heterocycles. The van der Waals surface area contributed by atoms with Crippen molar-refractivity contribution in [3.05, 3.63) is 74.5 Å². The molecule has 0 amide bonds. The van der Waals surface area contributed by atoms with E-state index in [9.17, 15) is 24.1 Å². The predicted octanol–water partition coefficient (Wildman–Crippen LogP) is 3.82. The summed E-state index contributed by atoms with van der Waals surface area (Å²) in [5.41, 5.74) is -0.379. The molecule has 0 N–H and O–H groups in total. The quantitative estimate of drug-likeness (QED) is 0.354. The second kappa shape index (κ2) is 7.18. The summed E-state index contributed by atoms with van der Waals surface area (Å²) in [6.45, 7) is 1.34. The molecule has 2 aromatic carbocycles. The standard InChI is InChI=1S/C16H11ClFNO5/c1-9(15(20)10-2-4-11(18)5-3-10)24-16(21)13-8-12(19(22)23)6-7-14(13)17/h2-9H,1H3/t9-/m1/s1. The van der Waals surface area contributed by atoms with Crippen molar-refractivity contribution >= 4 is 29.0 Å². The van der Waals surface area contributed by atoms with Gasteiger partial charge in [0.2, 0.25) is 5.78 Å². The van der Waals surface area contributed by atoms with Crippen LogP contribution in [0.3, 0.4) is 0 Å². The third-order valence-electron chi connectivity index (χ3n) is 3.16. The summed E-state index contributed by atoms with van der Waals surface area (Å²) >= 11 is 5.84. The van der Waals surface area contributed by atoms with E-state index in [-0.39, 0.29) is 21.8 Å². The molecule has 24 heavy (non-hydrogen) atoms. The third-order valence-corrected chi connectivity index (χ3v) is 3.49. The maximum absolute atomic E-state index is 12.9. The first-order chi connectivity index (χ1) is 11.3.